The molecule has 1 fully saturated rings. The lowest BCUT2D eigenvalue weighted by molar-refractivity contribution is 0.180. The number of nitrogens with one attached hydrogen (secondary N) is 2. The second kappa shape index (κ2) is 15.9. The molecule has 0 bridgehead atoms. The monoisotopic (exact) mass is 517 g/mol. The number of halogens is 1. The predicted molar refractivity (Wildman–Crippen MR) is 133 cm³/mol. The van der Waals surface area contributed by atoms with E-state index < -0.39 is 0 Å². The molecule has 1 heterocycles. The molecule has 7 heteroatoms. The normalized spacial score (nSPS) is 17.4. The molecule has 0 radical (unpaired) electrons. The van der Waals surface area contributed by atoms with Crippen LogP contribution in [0.1, 0.15) is 18.4 Å². The van der Waals surface area contributed by atoms with E-state index in [0.29, 0.717) is 5.92 Å². The number of likely N-dealkylation sites (N-methyl/N-ethyl adjacent to an activating group) is 1. The number of rotatable bonds is 12. The lowest BCUT2D eigenvalue weighted by Gasteiger charge is -2.19. The number of nitrogens with zero attached hydrogens (tertiary/aromatic N) is 3. The van der Waals surface area contributed by atoms with Crippen molar-refractivity contribution in [2.45, 2.75) is 19.3 Å². The van der Waals surface area contributed by atoms with Crippen molar-refractivity contribution in [1.29, 1.82) is 0 Å². The van der Waals surface area contributed by atoms with Crippen molar-refractivity contribution < 1.29 is 4.74 Å². The van der Waals surface area contributed by atoms with E-state index in [-0.39, 0.29) is 24.0 Å². The van der Waals surface area contributed by atoms with Gasteiger partial charge in [0.1, 0.15) is 0 Å². The van der Waals surface area contributed by atoms with Gasteiger partial charge in [0, 0.05) is 60.0 Å². The van der Waals surface area contributed by atoms with E-state index in [0.717, 1.165) is 58.1 Å². The third-order valence-electron chi connectivity index (χ3n) is 5.39. The van der Waals surface area contributed by atoms with Crippen molar-refractivity contribution in [2.75, 3.05) is 73.6 Å². The van der Waals surface area contributed by atoms with Gasteiger partial charge in [0.05, 0.1) is 0 Å². The van der Waals surface area contributed by atoms with Gasteiger partial charge in [-0.1, -0.05) is 30.3 Å². The van der Waals surface area contributed by atoms with Crippen molar-refractivity contribution in [2.24, 2.45) is 10.9 Å². The first-order chi connectivity index (χ1) is 13.7. The van der Waals surface area contributed by atoms with E-state index in [1.54, 1.807) is 7.11 Å². The molecule has 0 aliphatic carbocycles. The van der Waals surface area contributed by atoms with Crippen LogP contribution < -0.4 is 10.6 Å². The van der Waals surface area contributed by atoms with Crippen molar-refractivity contribution in [3.05, 3.63) is 35.9 Å². The first-order valence-corrected chi connectivity index (χ1v) is 10.6. The van der Waals surface area contributed by atoms with Gasteiger partial charge in [0.25, 0.3) is 0 Å². The molecule has 1 aliphatic heterocycles. The van der Waals surface area contributed by atoms with E-state index in [2.05, 4.69) is 62.8 Å². The Morgan fingerprint density at radius 3 is 2.76 bits per heavy atom. The number of benzene rings is 1. The van der Waals surface area contributed by atoms with Gasteiger partial charge in [0.2, 0.25) is 0 Å². The number of ether oxygens (including phenoxy) is 1. The minimum atomic E-state index is 0. The topological polar surface area (TPSA) is 52.1 Å². The number of methoxy groups -OCH3 is 1. The van der Waals surface area contributed by atoms with Gasteiger partial charge < -0.3 is 25.2 Å². The summed E-state index contributed by atoms with van der Waals surface area (Å²) in [6.45, 7) is 8.32. The molecular weight excluding hydrogens is 477 g/mol. The summed E-state index contributed by atoms with van der Waals surface area (Å²) in [7, 11) is 5.75. The number of guanidine groups is 1. The van der Waals surface area contributed by atoms with Gasteiger partial charge in [-0.15, -0.1) is 24.0 Å². The molecule has 6 nitrogen and oxygen atoms in total. The smallest absolute Gasteiger partial charge is 0.191 e. The Balaban J connectivity index is 0.00000420. The fourth-order valence-electron chi connectivity index (χ4n) is 3.63. The summed E-state index contributed by atoms with van der Waals surface area (Å²) in [5.41, 5.74) is 1.43. The summed E-state index contributed by atoms with van der Waals surface area (Å²) >= 11 is 0. The van der Waals surface area contributed by atoms with Gasteiger partial charge in [0.15, 0.2) is 5.96 Å². The molecule has 1 aromatic carbocycles. The van der Waals surface area contributed by atoms with E-state index in [1.165, 1.54) is 25.1 Å². The van der Waals surface area contributed by atoms with Crippen LogP contribution in [-0.4, -0.2) is 89.4 Å². The Labute approximate surface area is 194 Å². The highest BCUT2D eigenvalue weighted by Gasteiger charge is 2.22. The van der Waals surface area contributed by atoms with Gasteiger partial charge in [-0.2, -0.15) is 0 Å². The number of hydrogen-bond acceptors (Lipinski definition) is 4. The van der Waals surface area contributed by atoms with Crippen LogP contribution in [0.15, 0.2) is 35.3 Å². The third-order valence-corrected chi connectivity index (χ3v) is 5.39. The van der Waals surface area contributed by atoms with Gasteiger partial charge in [-0.25, -0.2) is 0 Å². The minimum absolute atomic E-state index is 0. The summed E-state index contributed by atoms with van der Waals surface area (Å²) in [4.78, 5) is 9.27. The highest BCUT2D eigenvalue weighted by Crippen LogP contribution is 2.15. The van der Waals surface area contributed by atoms with Crippen LogP contribution in [0.5, 0.6) is 0 Å². The van der Waals surface area contributed by atoms with Crippen LogP contribution >= 0.6 is 24.0 Å². The van der Waals surface area contributed by atoms with Gasteiger partial charge >= 0.3 is 0 Å². The summed E-state index contributed by atoms with van der Waals surface area (Å²) in [5, 5.41) is 6.93. The summed E-state index contributed by atoms with van der Waals surface area (Å²) in [5.74, 6) is 1.61. The Hall–Kier alpha value is -0.900. The predicted octanol–water partition coefficient (Wildman–Crippen LogP) is 2.30. The van der Waals surface area contributed by atoms with Crippen LogP contribution in [-0.2, 0) is 11.2 Å². The van der Waals surface area contributed by atoms with Crippen LogP contribution in [0.3, 0.4) is 0 Å². The number of likely N-dealkylation sites (tertiary alicyclic amines) is 1. The molecule has 1 aromatic rings. The average molecular weight is 518 g/mol. The zero-order valence-corrected chi connectivity index (χ0v) is 20.7. The van der Waals surface area contributed by atoms with Gasteiger partial charge in [-0.3, -0.25) is 4.99 Å². The van der Waals surface area contributed by atoms with Crippen molar-refractivity contribution >= 4 is 29.9 Å². The molecule has 0 saturated carbocycles. The first-order valence-electron chi connectivity index (χ1n) is 10.6. The maximum absolute atomic E-state index is 5.10. The van der Waals surface area contributed by atoms with E-state index in [4.69, 9.17) is 4.74 Å². The number of aliphatic imine (C=N–C) groups is 1. The second-order valence-corrected chi connectivity index (χ2v) is 7.72. The average Bonchev–Trinajstić information content (AvgIpc) is 3.18. The van der Waals surface area contributed by atoms with Crippen LogP contribution in [0.2, 0.25) is 0 Å². The standard InChI is InChI=1S/C22H39N5O.HI/c1-23-22(24-12-16-26(2)13-7-17-28-3)25-18-21-11-15-27(19-21)14-10-20-8-5-4-6-9-20;/h4-6,8-9,21H,7,10-19H2,1-3H3,(H2,23,24,25);1H. The minimum Gasteiger partial charge on any atom is -0.385 e. The van der Waals surface area contributed by atoms with Crippen LogP contribution in [0.25, 0.3) is 0 Å². The molecule has 2 rings (SSSR count). The highest BCUT2D eigenvalue weighted by atomic mass is 127. The Morgan fingerprint density at radius 1 is 1.24 bits per heavy atom. The van der Waals surface area contributed by atoms with E-state index >= 15 is 0 Å². The largest absolute Gasteiger partial charge is 0.385 e. The van der Waals surface area contributed by atoms with Crippen LogP contribution in [0, 0.1) is 5.92 Å². The summed E-state index contributed by atoms with van der Waals surface area (Å²) < 4.78 is 5.10. The summed E-state index contributed by atoms with van der Waals surface area (Å²) in [6.07, 6.45) is 3.48. The molecule has 1 atom stereocenters. The molecule has 29 heavy (non-hydrogen) atoms. The second-order valence-electron chi connectivity index (χ2n) is 7.72. The third kappa shape index (κ3) is 11.2. The van der Waals surface area contributed by atoms with E-state index in [1.807, 2.05) is 7.05 Å². The molecule has 2 N–H and O–H groups in total. The zero-order valence-electron chi connectivity index (χ0n) is 18.4. The molecule has 166 valence electrons. The lowest BCUT2D eigenvalue weighted by Crippen LogP contribution is -2.43. The number of hydrogen-bond donors (Lipinski definition) is 2. The fraction of sp³-hybridized carbons (Fsp3) is 0.682. The zero-order chi connectivity index (χ0) is 20.0. The Kier molecular flexibility index (Phi) is 14.3. The lowest BCUT2D eigenvalue weighted by atomic mass is 10.1. The van der Waals surface area contributed by atoms with E-state index in [9.17, 15) is 0 Å². The molecule has 0 spiro atoms. The molecule has 1 aliphatic rings. The van der Waals surface area contributed by atoms with Crippen molar-refractivity contribution in [3.8, 4) is 0 Å². The molecule has 0 amide bonds. The van der Waals surface area contributed by atoms with Crippen molar-refractivity contribution in [3.63, 3.8) is 0 Å². The molecule has 0 aromatic heterocycles. The Bertz CT molecular complexity index is 557. The Morgan fingerprint density at radius 2 is 2.03 bits per heavy atom. The first kappa shape index (κ1) is 26.1. The quantitative estimate of drug-likeness (QED) is 0.193. The van der Waals surface area contributed by atoms with Crippen molar-refractivity contribution in [1.82, 2.24) is 20.4 Å². The fourth-order valence-corrected chi connectivity index (χ4v) is 3.63. The SMILES string of the molecule is CN=C(NCCN(C)CCCOC)NCC1CCN(CCc2ccccc2)C1.I. The maximum Gasteiger partial charge on any atom is 0.191 e. The summed E-state index contributed by atoms with van der Waals surface area (Å²) in [6, 6.07) is 10.8. The molecule has 1 unspecified atom stereocenters. The van der Waals surface area contributed by atoms with Gasteiger partial charge in [-0.05, 0) is 44.3 Å². The molecule has 1 saturated heterocycles. The highest BCUT2D eigenvalue weighted by molar-refractivity contribution is 14.0. The maximum atomic E-state index is 5.10. The molecular formula is C22H40IN5O. The van der Waals surface area contributed by atoms with Crippen LogP contribution in [0.4, 0.5) is 0 Å².